The highest BCUT2D eigenvalue weighted by atomic mass is 19.2. The minimum absolute atomic E-state index is 0.0966. The van der Waals surface area contributed by atoms with Crippen molar-refractivity contribution in [2.24, 2.45) is 11.8 Å². The highest BCUT2D eigenvalue weighted by molar-refractivity contribution is 5.65. The molecule has 162 valence electrons. The fraction of sp³-hybridized carbons (Fsp3) is 0.500. The maximum absolute atomic E-state index is 14.8. The Bertz CT molecular complexity index is 889. The van der Waals surface area contributed by atoms with Crippen molar-refractivity contribution in [2.45, 2.75) is 63.4 Å². The summed E-state index contributed by atoms with van der Waals surface area (Å²) in [5, 5.41) is 9.68. The van der Waals surface area contributed by atoms with Crippen LogP contribution in [0.25, 0.3) is 11.1 Å². The van der Waals surface area contributed by atoms with Crippen LogP contribution in [0.15, 0.2) is 24.3 Å². The van der Waals surface area contributed by atoms with E-state index in [2.05, 4.69) is 0 Å². The third kappa shape index (κ3) is 4.11. The highest BCUT2D eigenvalue weighted by Gasteiger charge is 2.32. The van der Waals surface area contributed by atoms with Crippen molar-refractivity contribution in [1.82, 2.24) is 0 Å². The summed E-state index contributed by atoms with van der Waals surface area (Å²) >= 11 is 0. The van der Waals surface area contributed by atoms with Gasteiger partial charge in [-0.3, -0.25) is 0 Å². The summed E-state index contributed by atoms with van der Waals surface area (Å²) in [6.45, 7) is 0. The van der Waals surface area contributed by atoms with E-state index in [-0.39, 0.29) is 28.7 Å². The molecular formula is C24H25F5O. The predicted octanol–water partition coefficient (Wildman–Crippen LogP) is 6.87. The molecule has 0 amide bonds. The lowest BCUT2D eigenvalue weighted by molar-refractivity contribution is 0.0803. The van der Waals surface area contributed by atoms with Crippen LogP contribution in [0.3, 0.4) is 0 Å². The molecule has 0 bridgehead atoms. The van der Waals surface area contributed by atoms with E-state index in [4.69, 9.17) is 0 Å². The molecular weight excluding hydrogens is 399 g/mol. The molecule has 1 N–H and O–H groups in total. The molecule has 0 heterocycles. The first-order chi connectivity index (χ1) is 14.3. The van der Waals surface area contributed by atoms with Crippen LogP contribution in [-0.4, -0.2) is 11.2 Å². The molecule has 2 saturated carbocycles. The fourth-order valence-electron chi connectivity index (χ4n) is 5.29. The molecule has 1 nitrogen and oxygen atoms in total. The van der Waals surface area contributed by atoms with Gasteiger partial charge in [0.05, 0.1) is 6.10 Å². The van der Waals surface area contributed by atoms with Crippen LogP contribution in [0.1, 0.15) is 62.8 Å². The van der Waals surface area contributed by atoms with E-state index in [1.165, 1.54) is 12.1 Å². The van der Waals surface area contributed by atoms with E-state index in [0.717, 1.165) is 51.4 Å². The van der Waals surface area contributed by atoms with Crippen molar-refractivity contribution in [1.29, 1.82) is 0 Å². The second-order valence-electron chi connectivity index (χ2n) is 8.76. The zero-order chi connectivity index (χ0) is 21.4. The Kier molecular flexibility index (Phi) is 6.14. The van der Waals surface area contributed by atoms with Gasteiger partial charge in [0.2, 0.25) is 0 Å². The minimum Gasteiger partial charge on any atom is -0.393 e. The Morgan fingerprint density at radius 3 is 1.73 bits per heavy atom. The first-order valence-electron chi connectivity index (χ1n) is 10.7. The zero-order valence-corrected chi connectivity index (χ0v) is 16.6. The van der Waals surface area contributed by atoms with Crippen LogP contribution >= 0.6 is 0 Å². The van der Waals surface area contributed by atoms with Crippen molar-refractivity contribution in [3.8, 4) is 11.1 Å². The van der Waals surface area contributed by atoms with Crippen LogP contribution in [0.2, 0.25) is 0 Å². The minimum atomic E-state index is -1.64. The summed E-state index contributed by atoms with van der Waals surface area (Å²) < 4.78 is 69.7. The van der Waals surface area contributed by atoms with E-state index < -0.39 is 29.1 Å². The summed E-state index contributed by atoms with van der Waals surface area (Å²) in [6.07, 6.45) is 6.98. The van der Waals surface area contributed by atoms with Gasteiger partial charge in [0, 0.05) is 5.56 Å². The van der Waals surface area contributed by atoms with Gasteiger partial charge in [0.25, 0.3) is 0 Å². The normalized spacial score (nSPS) is 27.3. The number of halogens is 5. The molecule has 4 rings (SSSR count). The van der Waals surface area contributed by atoms with Crippen molar-refractivity contribution in [2.75, 3.05) is 0 Å². The van der Waals surface area contributed by atoms with Crippen LogP contribution < -0.4 is 0 Å². The molecule has 2 aromatic rings. The van der Waals surface area contributed by atoms with Gasteiger partial charge in [0.15, 0.2) is 29.1 Å². The van der Waals surface area contributed by atoms with Gasteiger partial charge < -0.3 is 5.11 Å². The molecule has 30 heavy (non-hydrogen) atoms. The number of aliphatic hydroxyl groups is 1. The monoisotopic (exact) mass is 424 g/mol. The molecule has 0 spiro atoms. The largest absolute Gasteiger partial charge is 0.393 e. The molecule has 0 aromatic heterocycles. The molecule has 2 aromatic carbocycles. The first kappa shape index (κ1) is 21.3. The molecule has 0 saturated heterocycles. The predicted molar refractivity (Wildman–Crippen MR) is 104 cm³/mol. The van der Waals surface area contributed by atoms with E-state index in [0.29, 0.717) is 24.0 Å². The SMILES string of the molecule is OC1CCC(C2CCC(c3ccc(-c4cc(F)c(F)c(F)c4)c(F)c3F)CC2)CC1. The van der Waals surface area contributed by atoms with Gasteiger partial charge in [-0.1, -0.05) is 12.1 Å². The Balaban J connectivity index is 1.49. The van der Waals surface area contributed by atoms with Crippen LogP contribution in [0.5, 0.6) is 0 Å². The van der Waals surface area contributed by atoms with Gasteiger partial charge in [-0.2, -0.15) is 0 Å². The van der Waals surface area contributed by atoms with E-state index in [9.17, 15) is 27.1 Å². The number of hydrogen-bond acceptors (Lipinski definition) is 1. The highest BCUT2D eigenvalue weighted by Crippen LogP contribution is 2.44. The third-order valence-electron chi connectivity index (χ3n) is 7.03. The van der Waals surface area contributed by atoms with Crippen LogP contribution in [0.4, 0.5) is 22.0 Å². The Hall–Kier alpha value is -1.95. The van der Waals surface area contributed by atoms with Crippen molar-refractivity contribution in [3.63, 3.8) is 0 Å². The standard InChI is InChI=1S/C24H25F5O/c25-20-11-16(12-21(26)24(20)29)19-10-9-18(22(27)23(19)28)15-3-1-13(2-4-15)14-5-7-17(30)8-6-14/h9-15,17,30H,1-8H2. The lowest BCUT2D eigenvalue weighted by atomic mass is 9.69. The lowest BCUT2D eigenvalue weighted by Crippen LogP contribution is -2.27. The van der Waals surface area contributed by atoms with Gasteiger partial charge in [-0.15, -0.1) is 0 Å². The van der Waals surface area contributed by atoms with Gasteiger partial charge in [0.1, 0.15) is 0 Å². The van der Waals surface area contributed by atoms with Gasteiger partial charge in [-0.05, 0) is 92.4 Å². The Morgan fingerprint density at radius 2 is 1.17 bits per heavy atom. The smallest absolute Gasteiger partial charge is 0.194 e. The average Bonchev–Trinajstić information content (AvgIpc) is 2.74. The fourth-order valence-corrected chi connectivity index (χ4v) is 5.29. The van der Waals surface area contributed by atoms with Gasteiger partial charge >= 0.3 is 0 Å². The van der Waals surface area contributed by atoms with Crippen molar-refractivity contribution >= 4 is 0 Å². The average molecular weight is 424 g/mol. The van der Waals surface area contributed by atoms with E-state index in [1.54, 1.807) is 0 Å². The van der Waals surface area contributed by atoms with Crippen molar-refractivity contribution < 1.29 is 27.1 Å². The number of rotatable bonds is 3. The molecule has 2 aliphatic carbocycles. The van der Waals surface area contributed by atoms with E-state index in [1.807, 2.05) is 0 Å². The van der Waals surface area contributed by atoms with Gasteiger partial charge in [-0.25, -0.2) is 22.0 Å². The quantitative estimate of drug-likeness (QED) is 0.421. The molecule has 0 aliphatic heterocycles. The van der Waals surface area contributed by atoms with Crippen molar-refractivity contribution in [3.05, 3.63) is 58.9 Å². The van der Waals surface area contributed by atoms with Crippen LogP contribution in [0, 0.1) is 40.9 Å². The van der Waals surface area contributed by atoms with E-state index >= 15 is 0 Å². The second kappa shape index (κ2) is 8.66. The lowest BCUT2D eigenvalue weighted by Gasteiger charge is -2.37. The molecule has 0 radical (unpaired) electrons. The number of aliphatic hydroxyl groups excluding tert-OH is 1. The molecule has 0 unspecified atom stereocenters. The molecule has 2 aliphatic rings. The summed E-state index contributed by atoms with van der Waals surface area (Å²) in [4.78, 5) is 0. The summed E-state index contributed by atoms with van der Waals surface area (Å²) in [6, 6.07) is 4.13. The Labute approximate surface area is 172 Å². The summed E-state index contributed by atoms with van der Waals surface area (Å²) in [5.74, 6) is -5.62. The maximum Gasteiger partial charge on any atom is 0.194 e. The summed E-state index contributed by atoms with van der Waals surface area (Å²) in [5.41, 5.74) is -0.238. The number of benzene rings is 2. The topological polar surface area (TPSA) is 20.2 Å². The maximum atomic E-state index is 14.8. The summed E-state index contributed by atoms with van der Waals surface area (Å²) in [7, 11) is 0. The number of hydrogen-bond donors (Lipinski definition) is 1. The Morgan fingerprint density at radius 1 is 0.633 bits per heavy atom. The second-order valence-corrected chi connectivity index (χ2v) is 8.76. The molecule has 0 atom stereocenters. The molecule has 6 heteroatoms. The first-order valence-corrected chi connectivity index (χ1v) is 10.7. The third-order valence-corrected chi connectivity index (χ3v) is 7.03. The zero-order valence-electron chi connectivity index (χ0n) is 16.6. The molecule has 2 fully saturated rings. The van der Waals surface area contributed by atoms with Crippen LogP contribution in [-0.2, 0) is 0 Å².